The summed E-state index contributed by atoms with van der Waals surface area (Å²) in [5.74, 6) is 0. The van der Waals surface area contributed by atoms with E-state index in [-0.39, 0.29) is 4.90 Å². The predicted molar refractivity (Wildman–Crippen MR) is 120 cm³/mol. The van der Waals surface area contributed by atoms with Gasteiger partial charge in [0.1, 0.15) is 10.4 Å². The fourth-order valence-corrected chi connectivity index (χ4v) is 4.84. The fourth-order valence-electron chi connectivity index (χ4n) is 3.67. The van der Waals surface area contributed by atoms with Crippen molar-refractivity contribution in [2.45, 2.75) is 4.90 Å². The molecule has 0 saturated heterocycles. The second kappa shape index (κ2) is 6.93. The molecule has 0 atom stereocenters. The Morgan fingerprint density at radius 1 is 0.800 bits per heavy atom. The molecule has 0 spiro atoms. The molecule has 30 heavy (non-hydrogen) atoms. The number of rotatable bonds is 3. The fraction of sp³-hybridized carbons (Fsp3) is 0.0435. The van der Waals surface area contributed by atoms with Gasteiger partial charge in [-0.15, -0.1) is 0 Å². The lowest BCUT2D eigenvalue weighted by atomic mass is 10.1. The number of aromatic nitrogens is 3. The molecule has 0 N–H and O–H groups in total. The molecule has 0 aliphatic rings. The van der Waals surface area contributed by atoms with Crippen molar-refractivity contribution in [1.82, 2.24) is 14.5 Å². The summed E-state index contributed by atoms with van der Waals surface area (Å²) in [6, 6.07) is 24.1. The van der Waals surface area contributed by atoms with Crippen LogP contribution in [0.1, 0.15) is 0 Å². The monoisotopic (exact) mass is 433 g/mol. The number of sulfone groups is 1. The van der Waals surface area contributed by atoms with Gasteiger partial charge in [-0.3, -0.25) is 4.57 Å². The van der Waals surface area contributed by atoms with Crippen molar-refractivity contribution in [3.8, 4) is 16.9 Å². The number of fused-ring (bicyclic) bond motifs is 2. The molecule has 3 aromatic carbocycles. The summed E-state index contributed by atoms with van der Waals surface area (Å²) < 4.78 is 27.8. The normalized spacial score (nSPS) is 11.9. The molecule has 0 bridgehead atoms. The minimum atomic E-state index is -3.62. The summed E-state index contributed by atoms with van der Waals surface area (Å²) in [5.41, 5.74) is 4.21. The van der Waals surface area contributed by atoms with E-state index in [1.165, 1.54) is 6.26 Å². The molecular formula is C23H16ClN3O2S. The van der Waals surface area contributed by atoms with E-state index >= 15 is 0 Å². The Balaban J connectivity index is 2.04. The lowest BCUT2D eigenvalue weighted by molar-refractivity contribution is 0.602. The van der Waals surface area contributed by atoms with Crippen LogP contribution in [0.25, 0.3) is 39.1 Å². The smallest absolute Gasteiger partial charge is 0.179 e. The number of para-hydroxylation sites is 2. The maximum atomic E-state index is 13.0. The van der Waals surface area contributed by atoms with Crippen molar-refractivity contribution in [3.63, 3.8) is 0 Å². The van der Waals surface area contributed by atoms with Gasteiger partial charge in [-0.1, -0.05) is 54.1 Å². The molecule has 2 heterocycles. The second-order valence-electron chi connectivity index (χ2n) is 7.01. The number of nitrogens with zero attached hydrogens (tertiary/aromatic N) is 3. The predicted octanol–water partition coefficient (Wildman–Crippen LogP) is 5.30. The lowest BCUT2D eigenvalue weighted by Crippen LogP contribution is -2.02. The van der Waals surface area contributed by atoms with Crippen molar-refractivity contribution in [3.05, 3.63) is 83.9 Å². The Labute approximate surface area is 178 Å². The van der Waals surface area contributed by atoms with Gasteiger partial charge in [-0.2, -0.15) is 0 Å². The zero-order valence-electron chi connectivity index (χ0n) is 15.9. The minimum Gasteiger partial charge on any atom is -0.291 e. The van der Waals surface area contributed by atoms with Crippen LogP contribution in [-0.4, -0.2) is 29.2 Å². The van der Waals surface area contributed by atoms with Crippen LogP contribution in [0.5, 0.6) is 0 Å². The Kier molecular flexibility index (Phi) is 4.34. The Morgan fingerprint density at radius 3 is 2.03 bits per heavy atom. The topological polar surface area (TPSA) is 64.8 Å². The summed E-state index contributed by atoms with van der Waals surface area (Å²) >= 11 is 6.10. The van der Waals surface area contributed by atoms with Crippen molar-refractivity contribution in [2.75, 3.05) is 6.26 Å². The van der Waals surface area contributed by atoms with Gasteiger partial charge in [0, 0.05) is 17.0 Å². The largest absolute Gasteiger partial charge is 0.291 e. The molecule has 0 amide bonds. The SMILES string of the molecule is CS(=O)(=O)c1c(-c2ccccc2)n(-c2ccc(Cl)cc2)c2nc3ccccc3nc12. The van der Waals surface area contributed by atoms with E-state index in [9.17, 15) is 8.42 Å². The van der Waals surface area contributed by atoms with E-state index in [0.29, 0.717) is 32.9 Å². The van der Waals surface area contributed by atoms with Crippen molar-refractivity contribution in [2.24, 2.45) is 0 Å². The highest BCUT2D eigenvalue weighted by Gasteiger charge is 2.28. The van der Waals surface area contributed by atoms with Crippen LogP contribution in [0, 0.1) is 0 Å². The Morgan fingerprint density at radius 2 is 1.40 bits per heavy atom. The molecule has 0 saturated carbocycles. The van der Waals surface area contributed by atoms with E-state index in [4.69, 9.17) is 21.6 Å². The first-order valence-electron chi connectivity index (χ1n) is 9.26. The summed E-state index contributed by atoms with van der Waals surface area (Å²) in [7, 11) is -3.62. The highest BCUT2D eigenvalue weighted by Crippen LogP contribution is 2.38. The molecular weight excluding hydrogens is 418 g/mol. The third-order valence-electron chi connectivity index (χ3n) is 4.92. The molecule has 5 rings (SSSR count). The van der Waals surface area contributed by atoms with Gasteiger partial charge in [0.2, 0.25) is 0 Å². The highest BCUT2D eigenvalue weighted by atomic mass is 35.5. The maximum absolute atomic E-state index is 13.0. The molecule has 5 nitrogen and oxygen atoms in total. The van der Waals surface area contributed by atoms with Gasteiger partial charge in [-0.05, 0) is 42.0 Å². The van der Waals surface area contributed by atoms with E-state index in [0.717, 1.165) is 11.3 Å². The molecule has 0 aliphatic heterocycles. The Hall–Kier alpha value is -3.22. The van der Waals surface area contributed by atoms with Crippen molar-refractivity contribution >= 4 is 43.6 Å². The van der Waals surface area contributed by atoms with E-state index in [1.807, 2.05) is 71.3 Å². The molecule has 0 unspecified atom stereocenters. The van der Waals surface area contributed by atoms with Crippen LogP contribution < -0.4 is 0 Å². The maximum Gasteiger partial charge on any atom is 0.179 e. The van der Waals surface area contributed by atoms with Gasteiger partial charge >= 0.3 is 0 Å². The van der Waals surface area contributed by atoms with E-state index < -0.39 is 9.84 Å². The van der Waals surface area contributed by atoms with Crippen LogP contribution in [0.4, 0.5) is 0 Å². The molecule has 7 heteroatoms. The van der Waals surface area contributed by atoms with Crippen LogP contribution in [0.2, 0.25) is 5.02 Å². The number of halogens is 1. The molecule has 0 fully saturated rings. The van der Waals surface area contributed by atoms with Gasteiger partial charge < -0.3 is 0 Å². The van der Waals surface area contributed by atoms with Gasteiger partial charge in [0.25, 0.3) is 0 Å². The van der Waals surface area contributed by atoms with Crippen LogP contribution >= 0.6 is 11.6 Å². The average Bonchev–Trinajstić information content (AvgIpc) is 3.08. The van der Waals surface area contributed by atoms with Crippen molar-refractivity contribution < 1.29 is 8.42 Å². The van der Waals surface area contributed by atoms with Crippen LogP contribution in [0.15, 0.2) is 83.8 Å². The van der Waals surface area contributed by atoms with Gasteiger partial charge in [0.05, 0.1) is 16.7 Å². The average molecular weight is 434 g/mol. The minimum absolute atomic E-state index is 0.164. The summed E-state index contributed by atoms with van der Waals surface area (Å²) in [5, 5.41) is 0.594. The van der Waals surface area contributed by atoms with Crippen LogP contribution in [0.3, 0.4) is 0 Å². The van der Waals surface area contributed by atoms with Crippen LogP contribution in [-0.2, 0) is 9.84 Å². The van der Waals surface area contributed by atoms with Gasteiger partial charge in [-0.25, -0.2) is 18.4 Å². The van der Waals surface area contributed by atoms with E-state index in [2.05, 4.69) is 0 Å². The third kappa shape index (κ3) is 3.05. The highest BCUT2D eigenvalue weighted by molar-refractivity contribution is 7.91. The molecule has 2 aromatic heterocycles. The van der Waals surface area contributed by atoms with Crippen molar-refractivity contribution in [1.29, 1.82) is 0 Å². The zero-order valence-corrected chi connectivity index (χ0v) is 17.5. The van der Waals surface area contributed by atoms with E-state index in [1.54, 1.807) is 12.1 Å². The second-order valence-corrected chi connectivity index (χ2v) is 9.40. The first kappa shape index (κ1) is 18.8. The molecule has 148 valence electrons. The zero-order chi connectivity index (χ0) is 20.9. The first-order chi connectivity index (χ1) is 14.4. The molecule has 0 radical (unpaired) electrons. The first-order valence-corrected chi connectivity index (χ1v) is 11.5. The number of hydrogen-bond donors (Lipinski definition) is 0. The third-order valence-corrected chi connectivity index (χ3v) is 6.30. The molecule has 0 aliphatic carbocycles. The summed E-state index contributed by atoms with van der Waals surface area (Å²) in [4.78, 5) is 9.67. The summed E-state index contributed by atoms with van der Waals surface area (Å²) in [6.07, 6.45) is 1.21. The summed E-state index contributed by atoms with van der Waals surface area (Å²) in [6.45, 7) is 0. The molecule has 5 aromatic rings. The Bertz CT molecular complexity index is 1510. The lowest BCUT2D eigenvalue weighted by Gasteiger charge is -2.12. The standard InChI is InChI=1S/C23H16ClN3O2S/c1-30(28,29)22-20-23(26-19-10-6-5-9-18(19)25-20)27(17-13-11-16(24)12-14-17)21(22)15-7-3-2-4-8-15/h2-14H,1H3. The number of benzene rings is 3. The quantitative estimate of drug-likeness (QED) is 0.387. The number of hydrogen-bond acceptors (Lipinski definition) is 4. The van der Waals surface area contributed by atoms with Gasteiger partial charge in [0.15, 0.2) is 15.5 Å².